The van der Waals surface area contributed by atoms with E-state index >= 15 is 0 Å². The summed E-state index contributed by atoms with van der Waals surface area (Å²) < 4.78 is 10.2. The van der Waals surface area contributed by atoms with E-state index < -0.39 is 11.9 Å². The molecule has 0 amide bonds. The zero-order valence-electron chi connectivity index (χ0n) is 78.2. The number of tetrazole rings is 1. The zero-order valence-corrected chi connectivity index (χ0v) is 89.5. The van der Waals surface area contributed by atoms with Gasteiger partial charge < -0.3 is 58.4 Å². The first-order valence-corrected chi connectivity index (χ1v) is 44.5. The van der Waals surface area contributed by atoms with E-state index in [1.807, 2.05) is 205 Å². The summed E-state index contributed by atoms with van der Waals surface area (Å²) in [5, 5.41) is 67.2. The van der Waals surface area contributed by atoms with Crippen molar-refractivity contribution in [3.8, 4) is 52.8 Å². The Morgan fingerprint density at radius 1 is 0.304 bits per heavy atom. The Bertz CT molecular complexity index is 7440. The van der Waals surface area contributed by atoms with Gasteiger partial charge in [0.05, 0.1) is 35.6 Å². The molecule has 0 aliphatic heterocycles. The number of carboxylic acid groups (broad SMARTS) is 2. The fraction of sp³-hybridized carbons (Fsp3) is 0.0545. The molecule has 0 radical (unpaired) electrons. The molecule has 16 heterocycles. The number of hydrogen-bond acceptors (Lipinski definition) is 24. The fourth-order valence-electron chi connectivity index (χ4n) is 15.4. The van der Waals surface area contributed by atoms with E-state index in [-0.39, 0.29) is 129 Å². The van der Waals surface area contributed by atoms with E-state index in [0.29, 0.717) is 59.3 Å². The fourth-order valence-corrected chi connectivity index (χ4v) is 15.4. The summed E-state index contributed by atoms with van der Waals surface area (Å²) in [6, 6.07) is 113. The van der Waals surface area contributed by atoms with Crippen molar-refractivity contribution in [3.63, 3.8) is 0 Å². The number of aliphatic hydroxyl groups excluding tert-OH is 2. The summed E-state index contributed by atoms with van der Waals surface area (Å²) in [6.07, 6.45) is 26.1. The predicted octanol–water partition coefficient (Wildman–Crippen LogP) is 18.6. The minimum absolute atomic E-state index is 0. The summed E-state index contributed by atoms with van der Waals surface area (Å²) in [4.78, 5) is 86.6. The molecule has 33 nitrogen and oxygen atoms in total. The van der Waals surface area contributed by atoms with Crippen LogP contribution in [0.5, 0.6) is 0 Å². The van der Waals surface area contributed by atoms with Gasteiger partial charge in [-0.3, -0.25) is 30.4 Å². The maximum absolute atomic E-state index is 10.1. The molecule has 148 heavy (non-hydrogen) atoms. The smallest absolute Gasteiger partial charge is 0.477 e. The Morgan fingerprint density at radius 3 is 0.797 bits per heavy atom. The van der Waals surface area contributed by atoms with Crippen LogP contribution >= 0.6 is 0 Å². The van der Waals surface area contributed by atoms with Gasteiger partial charge in [-0.1, -0.05) is 137 Å². The number of carboxylic acids is 2. The molecule has 0 spiro atoms. The summed E-state index contributed by atoms with van der Waals surface area (Å²) in [6.45, 7) is 5.12. The van der Waals surface area contributed by atoms with Gasteiger partial charge in [0.1, 0.15) is 5.69 Å². The van der Waals surface area contributed by atoms with Crippen molar-refractivity contribution < 1.29 is 135 Å². The maximum atomic E-state index is 10.1. The predicted molar refractivity (Wildman–Crippen MR) is 544 cm³/mol. The molecule has 38 heteroatoms. The van der Waals surface area contributed by atoms with Crippen molar-refractivity contribution >= 4 is 121 Å². The summed E-state index contributed by atoms with van der Waals surface area (Å²) in [5.74, 6) is 3.07. The van der Waals surface area contributed by atoms with Gasteiger partial charge in [-0.05, 0) is 157 Å². The number of pyridine rings is 3. The van der Waals surface area contributed by atoms with Crippen molar-refractivity contribution in [2.24, 2.45) is 0 Å². The number of aryl methyl sites for hydroxylation is 1. The average Bonchev–Trinajstić information content (AvgIpc) is 1.62. The number of rotatable bonds is 11. The van der Waals surface area contributed by atoms with Crippen LogP contribution in [0.3, 0.4) is 0 Å². The number of carbonyl (C=O) groups is 2. The van der Waals surface area contributed by atoms with E-state index in [9.17, 15) is 9.59 Å². The van der Waals surface area contributed by atoms with Gasteiger partial charge in [0.15, 0.2) is 5.69 Å². The Kier molecular flexibility index (Phi) is 41.1. The number of hydrogen-bond donors (Lipinski definition) is 4. The van der Waals surface area contributed by atoms with Crippen LogP contribution in [0, 0.1) is 37.3 Å². The van der Waals surface area contributed by atoms with E-state index in [2.05, 4.69) is 232 Å². The van der Waals surface area contributed by atoms with Crippen LogP contribution in [-0.2, 0) is 105 Å². The standard InChI is InChI=1S/5C16H10N3.C8H7N4.C6H4N5.C6H5NO2.C5H4N2O2.C5H12O2.5Pt/c5*1-3-8-14-12(6-1)13-7-2-4-9-15(13)19(14)16-17-10-5-11-18-16;1-6-10-8(12-11-6)7-4-2-3-5-9-7;1-2-4-7-5(3-1)6-8-10-11-9-6;8-6(9)5-3-1-2-4-7-5;8-5(9)4-3-6-1-2-7-4;1-4(6)3-5(2)7;;;;;/h5*1-8,10-11H;2-5H,1H3;1-4H;1-4H,(H,8,9);1-3H,(H,8,9);4-7H,3H2,1-2H3;;;;;/q7*-1;;;;;;;2*+2. The molecule has 0 bridgehead atoms. The van der Waals surface area contributed by atoms with Crippen LogP contribution in [0.15, 0.2) is 396 Å². The minimum atomic E-state index is -1.05. The van der Waals surface area contributed by atoms with Crippen LogP contribution in [0.4, 0.5) is 0 Å². The molecular formula is C110H82N27O6Pt5-3. The normalized spacial score (nSPS) is 10.7. The van der Waals surface area contributed by atoms with Gasteiger partial charge in [0.25, 0.3) is 0 Å². The van der Waals surface area contributed by atoms with Gasteiger partial charge >= 0.3 is 54.1 Å². The van der Waals surface area contributed by atoms with Crippen molar-refractivity contribution in [1.82, 2.24) is 133 Å². The number of para-hydroxylation sites is 10. The molecule has 16 aromatic heterocycles. The quantitative estimate of drug-likeness (QED) is 0.0874. The molecule has 0 fully saturated rings. The second-order valence-corrected chi connectivity index (χ2v) is 30.8. The molecule has 10 aromatic carbocycles. The van der Waals surface area contributed by atoms with Gasteiger partial charge in [0.2, 0.25) is 29.7 Å². The zero-order chi connectivity index (χ0) is 98.4. The third-order valence-corrected chi connectivity index (χ3v) is 21.2. The van der Waals surface area contributed by atoms with Crippen molar-refractivity contribution in [3.05, 3.63) is 444 Å². The molecule has 746 valence electrons. The molecule has 2 unspecified atom stereocenters. The number of fused-ring (bicyclic) bond motifs is 15. The van der Waals surface area contributed by atoms with Crippen molar-refractivity contribution in [1.29, 1.82) is 0 Å². The van der Waals surface area contributed by atoms with Crippen LogP contribution in [0.1, 0.15) is 47.1 Å². The maximum Gasteiger partial charge on any atom is 2.00 e. The first kappa shape index (κ1) is 110. The molecule has 0 aliphatic carbocycles. The Labute approximate surface area is 917 Å². The van der Waals surface area contributed by atoms with Crippen LogP contribution in [0.2, 0.25) is 0 Å². The average molecular weight is 2850 g/mol. The SMILES string of the molecule is CC(O)CC(C)O.Cc1n[n-]c(-c2ccccn2)n1.O=C(O)c1ccccn1.O=C(O)c1cnccn1.[Pt+2].[Pt+2].[Pt].[Pt].[Pt].[c-]1cccc2c3ccccc3n(-c3ncccn3)c12.[c-]1cccc2c3ccccc3n(-c3ncccn3)c12.[c-]1cccc2c3ccccc3n(-c3ncccn3)c12.[c-]1cccc2c3ccccc3n(-c3ncccn3)c12.[c-]1cccc2c3ccccc3n(-c3ncccn3)c12.c1ccc(-c2nnn[n-]2)nc1. The molecule has 26 rings (SSSR count). The third-order valence-electron chi connectivity index (χ3n) is 21.2. The molecule has 2 atom stereocenters. The minimum Gasteiger partial charge on any atom is -0.477 e. The molecule has 0 saturated carbocycles. The second-order valence-electron chi connectivity index (χ2n) is 30.8. The van der Waals surface area contributed by atoms with E-state index in [4.69, 9.17) is 20.4 Å². The molecule has 4 N–H and O–H groups in total. The Morgan fingerprint density at radius 2 is 0.574 bits per heavy atom. The number of benzene rings is 10. The Hall–Kier alpha value is -16.4. The van der Waals surface area contributed by atoms with Gasteiger partial charge in [-0.15, -0.1) is 26.9 Å². The topological polar surface area (TPSA) is 426 Å². The number of aromatic carboxylic acids is 2. The van der Waals surface area contributed by atoms with Gasteiger partial charge in [-0.2, -0.15) is 127 Å². The number of nitrogens with zero attached hydrogens (tertiary/aromatic N) is 27. The van der Waals surface area contributed by atoms with Crippen LogP contribution in [-0.4, -0.2) is 168 Å². The molecule has 0 saturated heterocycles. The first-order chi connectivity index (χ1) is 70.3. The largest absolute Gasteiger partial charge is 2.00 e. The van der Waals surface area contributed by atoms with Crippen molar-refractivity contribution in [2.45, 2.75) is 39.4 Å². The van der Waals surface area contributed by atoms with E-state index in [0.717, 1.165) is 60.9 Å². The third kappa shape index (κ3) is 27.0. The second kappa shape index (κ2) is 55.1. The van der Waals surface area contributed by atoms with Gasteiger partial charge in [-0.25, -0.2) is 69.4 Å². The van der Waals surface area contributed by atoms with Crippen molar-refractivity contribution in [2.75, 3.05) is 0 Å². The van der Waals surface area contributed by atoms with Gasteiger partial charge in [0, 0.05) is 190 Å². The van der Waals surface area contributed by atoms with Crippen LogP contribution < -0.4 is 10.2 Å². The summed E-state index contributed by atoms with van der Waals surface area (Å²) >= 11 is 0. The van der Waals surface area contributed by atoms with E-state index in [1.165, 1.54) is 84.7 Å². The number of aromatic nitrogens is 27. The molecule has 0 aliphatic rings. The van der Waals surface area contributed by atoms with E-state index in [1.54, 1.807) is 113 Å². The first-order valence-electron chi connectivity index (χ1n) is 44.5. The summed E-state index contributed by atoms with van der Waals surface area (Å²) in [5.41, 5.74) is 12.1. The summed E-state index contributed by atoms with van der Waals surface area (Å²) in [7, 11) is 0. The number of aliphatic hydroxyl groups is 2. The molecule has 26 aromatic rings. The van der Waals surface area contributed by atoms with Crippen LogP contribution in [0.25, 0.3) is 162 Å². The monoisotopic (exact) mass is 2850 g/mol. The Balaban J connectivity index is 0.000000148. The molecular weight excluding hydrogens is 2770 g/mol.